The van der Waals surface area contributed by atoms with Crippen molar-refractivity contribution in [2.24, 2.45) is 0 Å². The van der Waals surface area contributed by atoms with Gasteiger partial charge in [0, 0.05) is 17.5 Å². The highest BCUT2D eigenvalue weighted by Crippen LogP contribution is 2.26. The molecule has 134 valence electrons. The molecule has 0 unspecified atom stereocenters. The zero-order valence-electron chi connectivity index (χ0n) is 13.8. The van der Waals surface area contributed by atoms with Crippen LogP contribution >= 0.6 is 34.7 Å². The maximum Gasteiger partial charge on any atom is 0.277 e. The van der Waals surface area contributed by atoms with Crippen molar-refractivity contribution >= 4 is 51.5 Å². The van der Waals surface area contributed by atoms with Crippen molar-refractivity contribution in [3.8, 4) is 11.5 Å². The summed E-state index contributed by atoms with van der Waals surface area (Å²) in [5, 5.41) is 11.8. The molecular formula is C16H13ClN4O3S2. The number of thioether (sulfide) groups is 1. The van der Waals surface area contributed by atoms with E-state index < -0.39 is 0 Å². The molecule has 0 aliphatic carbocycles. The number of carbonyl (C=O) groups is 2. The molecule has 3 aromatic rings. The Hall–Kier alpha value is -2.23. The second kappa shape index (κ2) is 7.98. The number of hydrogen-bond acceptors (Lipinski definition) is 8. The van der Waals surface area contributed by atoms with E-state index in [0.717, 1.165) is 23.1 Å². The Bertz CT molecular complexity index is 970. The summed E-state index contributed by atoms with van der Waals surface area (Å²) < 4.78 is 5.52. The van der Waals surface area contributed by atoms with Crippen molar-refractivity contribution in [2.75, 3.05) is 11.1 Å². The molecule has 0 aliphatic rings. The van der Waals surface area contributed by atoms with E-state index in [-0.39, 0.29) is 22.7 Å². The first-order chi connectivity index (χ1) is 12.4. The van der Waals surface area contributed by atoms with Crippen LogP contribution in [-0.2, 0) is 4.79 Å². The van der Waals surface area contributed by atoms with Crippen molar-refractivity contribution in [3.63, 3.8) is 0 Å². The number of hydrogen-bond donors (Lipinski definition) is 1. The zero-order valence-corrected chi connectivity index (χ0v) is 16.2. The standard InChI is InChI=1S/C16H13ClN4O3S2/c1-8-13(9(2)22)26-15(18-8)19-12(23)7-25-16-21-20-14(24-16)10-4-3-5-11(17)6-10/h3-6H,7H2,1-2H3,(H,18,19,23). The summed E-state index contributed by atoms with van der Waals surface area (Å²) in [6, 6.07) is 7.05. The Labute approximate surface area is 162 Å². The molecule has 2 heterocycles. The normalized spacial score (nSPS) is 10.7. The summed E-state index contributed by atoms with van der Waals surface area (Å²) in [5.41, 5.74) is 1.31. The zero-order chi connectivity index (χ0) is 18.7. The minimum absolute atomic E-state index is 0.0746. The lowest BCUT2D eigenvalue weighted by atomic mass is 10.2. The van der Waals surface area contributed by atoms with Crippen LogP contribution in [0.4, 0.5) is 5.13 Å². The lowest BCUT2D eigenvalue weighted by Crippen LogP contribution is -2.13. The summed E-state index contributed by atoms with van der Waals surface area (Å²) in [6.45, 7) is 3.20. The molecule has 0 aliphatic heterocycles. The van der Waals surface area contributed by atoms with Crippen LogP contribution in [0.25, 0.3) is 11.5 Å². The first-order valence-corrected chi connectivity index (χ1v) is 9.61. The molecule has 0 radical (unpaired) electrons. The highest BCUT2D eigenvalue weighted by molar-refractivity contribution is 7.99. The highest BCUT2D eigenvalue weighted by Gasteiger charge is 2.15. The minimum atomic E-state index is -0.277. The monoisotopic (exact) mass is 408 g/mol. The number of thiazole rings is 1. The van der Waals surface area contributed by atoms with Gasteiger partial charge in [0.1, 0.15) is 0 Å². The maximum atomic E-state index is 12.0. The fraction of sp³-hybridized carbons (Fsp3) is 0.188. The van der Waals surface area contributed by atoms with Crippen LogP contribution < -0.4 is 5.32 Å². The molecule has 0 spiro atoms. The molecule has 1 amide bonds. The third-order valence-corrected chi connectivity index (χ3v) is 5.39. The fourth-order valence-corrected chi connectivity index (χ4v) is 3.70. The van der Waals surface area contributed by atoms with Gasteiger partial charge < -0.3 is 9.73 Å². The van der Waals surface area contributed by atoms with E-state index in [9.17, 15) is 9.59 Å². The van der Waals surface area contributed by atoms with E-state index >= 15 is 0 Å². The number of rotatable bonds is 6. The summed E-state index contributed by atoms with van der Waals surface area (Å²) in [4.78, 5) is 28.2. The molecule has 7 nitrogen and oxygen atoms in total. The number of Topliss-reactive ketones (excluding diaryl/α,β-unsaturated/α-hetero) is 1. The Kier molecular flexibility index (Phi) is 5.70. The van der Waals surface area contributed by atoms with E-state index in [1.807, 2.05) is 0 Å². The highest BCUT2D eigenvalue weighted by atomic mass is 35.5. The number of carbonyl (C=O) groups excluding carboxylic acids is 2. The predicted octanol–water partition coefficient (Wildman–Crippen LogP) is 4.09. The van der Waals surface area contributed by atoms with Crippen LogP contribution in [0.15, 0.2) is 33.9 Å². The topological polar surface area (TPSA) is 98.0 Å². The number of amides is 1. The molecule has 26 heavy (non-hydrogen) atoms. The van der Waals surface area contributed by atoms with Gasteiger partial charge in [0.15, 0.2) is 10.9 Å². The largest absolute Gasteiger partial charge is 0.411 e. The number of halogens is 1. The number of anilines is 1. The van der Waals surface area contributed by atoms with E-state index in [4.69, 9.17) is 16.0 Å². The van der Waals surface area contributed by atoms with Crippen LogP contribution in [0.5, 0.6) is 0 Å². The molecular weight excluding hydrogens is 396 g/mol. The number of benzene rings is 1. The van der Waals surface area contributed by atoms with Crippen molar-refractivity contribution in [1.29, 1.82) is 0 Å². The van der Waals surface area contributed by atoms with Crippen molar-refractivity contribution in [3.05, 3.63) is 39.9 Å². The fourth-order valence-electron chi connectivity index (χ4n) is 2.07. The molecule has 0 saturated heterocycles. The average Bonchev–Trinajstić information content (AvgIpc) is 3.20. The van der Waals surface area contributed by atoms with Gasteiger partial charge in [-0.25, -0.2) is 4.98 Å². The molecule has 0 saturated carbocycles. The molecule has 0 bridgehead atoms. The van der Waals surface area contributed by atoms with Crippen molar-refractivity contribution in [1.82, 2.24) is 15.2 Å². The van der Waals surface area contributed by atoms with Crippen molar-refractivity contribution in [2.45, 2.75) is 19.1 Å². The average molecular weight is 409 g/mol. The van der Waals surface area contributed by atoms with E-state index in [0.29, 0.717) is 32.2 Å². The number of aromatic nitrogens is 3. The Morgan fingerprint density at radius 1 is 1.35 bits per heavy atom. The number of nitrogens with zero attached hydrogens (tertiary/aromatic N) is 3. The van der Waals surface area contributed by atoms with Gasteiger partial charge in [0.25, 0.3) is 5.22 Å². The van der Waals surface area contributed by atoms with Gasteiger partial charge in [0.2, 0.25) is 11.8 Å². The minimum Gasteiger partial charge on any atom is -0.411 e. The number of nitrogens with one attached hydrogen (secondary N) is 1. The maximum absolute atomic E-state index is 12.0. The molecule has 0 atom stereocenters. The second-order valence-corrected chi connectivity index (χ2v) is 7.57. The molecule has 3 rings (SSSR count). The summed E-state index contributed by atoms with van der Waals surface area (Å²) in [7, 11) is 0. The van der Waals surface area contributed by atoms with E-state index in [1.165, 1.54) is 6.92 Å². The van der Waals surface area contributed by atoms with Crippen LogP contribution in [0.2, 0.25) is 5.02 Å². The van der Waals surface area contributed by atoms with Crippen LogP contribution in [0.1, 0.15) is 22.3 Å². The van der Waals surface area contributed by atoms with Gasteiger partial charge in [-0.15, -0.1) is 10.2 Å². The summed E-state index contributed by atoms with van der Waals surface area (Å²) >= 11 is 8.20. The van der Waals surface area contributed by atoms with Crippen LogP contribution in [0, 0.1) is 6.92 Å². The van der Waals surface area contributed by atoms with Gasteiger partial charge in [-0.05, 0) is 25.1 Å². The molecule has 1 N–H and O–H groups in total. The Morgan fingerprint density at radius 3 is 2.85 bits per heavy atom. The third kappa shape index (κ3) is 4.48. The number of ketones is 1. The first-order valence-electron chi connectivity index (χ1n) is 7.43. The van der Waals surface area contributed by atoms with Gasteiger partial charge >= 0.3 is 0 Å². The molecule has 10 heteroatoms. The van der Waals surface area contributed by atoms with E-state index in [2.05, 4.69) is 20.5 Å². The quantitative estimate of drug-likeness (QED) is 0.484. The molecule has 2 aromatic heterocycles. The van der Waals surface area contributed by atoms with Gasteiger partial charge in [0.05, 0.1) is 16.3 Å². The van der Waals surface area contributed by atoms with Gasteiger partial charge in [-0.3, -0.25) is 9.59 Å². The van der Waals surface area contributed by atoms with Crippen LogP contribution in [0.3, 0.4) is 0 Å². The SMILES string of the molecule is CC(=O)c1sc(NC(=O)CSc2nnc(-c3cccc(Cl)c3)o2)nc1C. The third-order valence-electron chi connectivity index (χ3n) is 3.17. The Morgan fingerprint density at radius 2 is 2.15 bits per heavy atom. The summed E-state index contributed by atoms with van der Waals surface area (Å²) in [6.07, 6.45) is 0. The lowest BCUT2D eigenvalue weighted by molar-refractivity contribution is -0.113. The predicted molar refractivity (Wildman–Crippen MR) is 101 cm³/mol. The second-order valence-electron chi connectivity index (χ2n) is 5.21. The number of aryl methyl sites for hydroxylation is 1. The molecule has 1 aromatic carbocycles. The molecule has 0 fully saturated rings. The van der Waals surface area contributed by atoms with Gasteiger partial charge in [-0.2, -0.15) is 0 Å². The Balaban J connectivity index is 1.58. The van der Waals surface area contributed by atoms with Gasteiger partial charge in [-0.1, -0.05) is 40.8 Å². The first kappa shape index (κ1) is 18.6. The summed E-state index contributed by atoms with van der Waals surface area (Å²) in [5.74, 6) is 0.0540. The van der Waals surface area contributed by atoms with Crippen molar-refractivity contribution < 1.29 is 14.0 Å². The van der Waals surface area contributed by atoms with E-state index in [1.54, 1.807) is 31.2 Å². The lowest BCUT2D eigenvalue weighted by Gasteiger charge is -1.99. The van der Waals surface area contributed by atoms with Crippen LogP contribution in [-0.4, -0.2) is 32.6 Å². The smallest absolute Gasteiger partial charge is 0.277 e.